The molecule has 0 spiro atoms. The van der Waals surface area contributed by atoms with E-state index in [0.717, 1.165) is 18.9 Å². The standard InChI is InChI=1S/C17H18F3N3O/c1-2-3-8-16(24)23-15-10-9-12(11-21-15)22-14-7-5-4-6-13(14)17(18,19)20/h4-7,9-11,22H,2-3,8H2,1H3,(H,21,23,24). The first-order chi connectivity index (χ1) is 11.4. The smallest absolute Gasteiger partial charge is 0.354 e. The lowest BCUT2D eigenvalue weighted by Crippen LogP contribution is -2.12. The first kappa shape index (κ1) is 17.8. The fourth-order valence-electron chi connectivity index (χ4n) is 2.08. The van der Waals surface area contributed by atoms with Gasteiger partial charge in [-0.1, -0.05) is 25.5 Å². The van der Waals surface area contributed by atoms with Crippen LogP contribution < -0.4 is 10.6 Å². The first-order valence-electron chi connectivity index (χ1n) is 7.59. The van der Waals surface area contributed by atoms with Crippen molar-refractivity contribution in [2.24, 2.45) is 0 Å². The summed E-state index contributed by atoms with van der Waals surface area (Å²) in [6, 6.07) is 8.33. The van der Waals surface area contributed by atoms with Crippen molar-refractivity contribution in [3.05, 3.63) is 48.2 Å². The Morgan fingerprint density at radius 2 is 1.92 bits per heavy atom. The number of rotatable bonds is 6. The molecule has 1 amide bonds. The third-order valence-corrected chi connectivity index (χ3v) is 3.30. The lowest BCUT2D eigenvalue weighted by molar-refractivity contribution is -0.136. The highest BCUT2D eigenvalue weighted by Gasteiger charge is 2.33. The van der Waals surface area contributed by atoms with Crippen molar-refractivity contribution in [3.63, 3.8) is 0 Å². The summed E-state index contributed by atoms with van der Waals surface area (Å²) in [5, 5.41) is 5.34. The SMILES string of the molecule is CCCCC(=O)Nc1ccc(Nc2ccccc2C(F)(F)F)cn1. The van der Waals surface area contributed by atoms with Crippen molar-refractivity contribution in [2.45, 2.75) is 32.4 Å². The van der Waals surface area contributed by atoms with Crippen molar-refractivity contribution >= 4 is 23.1 Å². The number of nitrogens with one attached hydrogen (secondary N) is 2. The molecule has 2 aromatic rings. The number of unbranched alkanes of at least 4 members (excludes halogenated alkanes) is 1. The second-order valence-electron chi connectivity index (χ2n) is 5.25. The summed E-state index contributed by atoms with van der Waals surface area (Å²) in [4.78, 5) is 15.6. The minimum atomic E-state index is -4.44. The number of hydrogen-bond acceptors (Lipinski definition) is 3. The molecule has 128 valence electrons. The Bertz CT molecular complexity index is 684. The van der Waals surface area contributed by atoms with Crippen LogP contribution in [-0.4, -0.2) is 10.9 Å². The molecular formula is C17H18F3N3O. The number of carbonyl (C=O) groups is 1. The number of carbonyl (C=O) groups excluding carboxylic acids is 1. The molecule has 1 aromatic heterocycles. The number of hydrogen-bond donors (Lipinski definition) is 2. The van der Waals surface area contributed by atoms with Crippen LogP contribution in [0.15, 0.2) is 42.6 Å². The number of benzene rings is 1. The van der Waals surface area contributed by atoms with Gasteiger partial charge < -0.3 is 10.6 Å². The Hall–Kier alpha value is -2.57. The van der Waals surface area contributed by atoms with Crippen molar-refractivity contribution in [1.29, 1.82) is 0 Å². The molecule has 0 atom stereocenters. The second-order valence-corrected chi connectivity index (χ2v) is 5.25. The van der Waals surface area contributed by atoms with Gasteiger partial charge in [0, 0.05) is 6.42 Å². The van der Waals surface area contributed by atoms with Crippen LogP contribution >= 0.6 is 0 Å². The highest BCUT2D eigenvalue weighted by atomic mass is 19.4. The quantitative estimate of drug-likeness (QED) is 0.782. The van der Waals surface area contributed by atoms with Gasteiger partial charge in [-0.2, -0.15) is 13.2 Å². The normalized spacial score (nSPS) is 11.2. The molecule has 0 aliphatic heterocycles. The number of para-hydroxylation sites is 1. The molecule has 0 radical (unpaired) electrons. The fourth-order valence-corrected chi connectivity index (χ4v) is 2.08. The molecule has 4 nitrogen and oxygen atoms in total. The summed E-state index contributed by atoms with van der Waals surface area (Å²) in [6.07, 6.45) is -0.939. The van der Waals surface area contributed by atoms with Crippen LogP contribution in [0.4, 0.5) is 30.4 Å². The van der Waals surface area contributed by atoms with Gasteiger partial charge in [-0.25, -0.2) is 4.98 Å². The van der Waals surface area contributed by atoms with Crippen LogP contribution in [0.3, 0.4) is 0 Å². The Kier molecular flexibility index (Phi) is 5.78. The second kappa shape index (κ2) is 7.81. The zero-order valence-electron chi connectivity index (χ0n) is 13.2. The van der Waals surface area contributed by atoms with Crippen LogP contribution in [0.5, 0.6) is 0 Å². The molecule has 2 N–H and O–H groups in total. The largest absolute Gasteiger partial charge is 0.418 e. The van der Waals surface area contributed by atoms with Gasteiger partial charge >= 0.3 is 6.18 Å². The van der Waals surface area contributed by atoms with Gasteiger partial charge in [0.25, 0.3) is 0 Å². The molecule has 24 heavy (non-hydrogen) atoms. The average Bonchev–Trinajstić information content (AvgIpc) is 2.54. The minimum Gasteiger partial charge on any atom is -0.354 e. The number of amides is 1. The highest BCUT2D eigenvalue weighted by Crippen LogP contribution is 2.35. The van der Waals surface area contributed by atoms with E-state index in [1.165, 1.54) is 24.4 Å². The predicted molar refractivity (Wildman–Crippen MR) is 87.1 cm³/mol. The summed E-state index contributed by atoms with van der Waals surface area (Å²) < 4.78 is 38.9. The maximum absolute atomic E-state index is 13.0. The van der Waals surface area contributed by atoms with Crippen molar-refractivity contribution in [1.82, 2.24) is 4.98 Å². The van der Waals surface area contributed by atoms with Gasteiger partial charge in [-0.05, 0) is 30.7 Å². The number of nitrogens with zero attached hydrogens (tertiary/aromatic N) is 1. The van der Waals surface area contributed by atoms with Gasteiger partial charge in [0.15, 0.2) is 0 Å². The third kappa shape index (κ3) is 4.97. The molecule has 0 aliphatic carbocycles. The van der Waals surface area contributed by atoms with E-state index in [-0.39, 0.29) is 11.6 Å². The van der Waals surface area contributed by atoms with Crippen LogP contribution in [0.2, 0.25) is 0 Å². The Morgan fingerprint density at radius 1 is 1.17 bits per heavy atom. The Labute approximate surface area is 138 Å². The van der Waals surface area contributed by atoms with E-state index in [2.05, 4.69) is 15.6 Å². The van der Waals surface area contributed by atoms with Crippen molar-refractivity contribution in [2.75, 3.05) is 10.6 Å². The summed E-state index contributed by atoms with van der Waals surface area (Å²) >= 11 is 0. The topological polar surface area (TPSA) is 54.0 Å². The highest BCUT2D eigenvalue weighted by molar-refractivity contribution is 5.89. The molecule has 0 unspecified atom stereocenters. The molecule has 0 bridgehead atoms. The maximum atomic E-state index is 13.0. The van der Waals surface area contributed by atoms with Crippen LogP contribution in [0.25, 0.3) is 0 Å². The molecular weight excluding hydrogens is 319 g/mol. The van der Waals surface area contributed by atoms with Crippen LogP contribution in [0.1, 0.15) is 31.7 Å². The lowest BCUT2D eigenvalue weighted by Gasteiger charge is -2.14. The Morgan fingerprint density at radius 3 is 2.54 bits per heavy atom. The molecule has 0 aliphatic rings. The van der Waals surface area contributed by atoms with E-state index in [4.69, 9.17) is 0 Å². The third-order valence-electron chi connectivity index (χ3n) is 3.30. The summed E-state index contributed by atoms with van der Waals surface area (Å²) in [5.74, 6) is 0.234. The molecule has 7 heteroatoms. The molecule has 1 heterocycles. The molecule has 0 saturated heterocycles. The van der Waals surface area contributed by atoms with Gasteiger partial charge in [-0.15, -0.1) is 0 Å². The zero-order valence-corrected chi connectivity index (χ0v) is 13.2. The summed E-state index contributed by atoms with van der Waals surface area (Å²) in [6.45, 7) is 1.99. The van der Waals surface area contributed by atoms with Crippen molar-refractivity contribution in [3.8, 4) is 0 Å². The number of alkyl halides is 3. The van der Waals surface area contributed by atoms with Gasteiger partial charge in [-0.3, -0.25) is 4.79 Å². The van der Waals surface area contributed by atoms with E-state index >= 15 is 0 Å². The van der Waals surface area contributed by atoms with Crippen LogP contribution in [-0.2, 0) is 11.0 Å². The maximum Gasteiger partial charge on any atom is 0.418 e. The van der Waals surface area contributed by atoms with E-state index in [0.29, 0.717) is 17.9 Å². The number of halogens is 3. The number of anilines is 3. The van der Waals surface area contributed by atoms with E-state index in [1.54, 1.807) is 12.1 Å². The molecule has 1 aromatic carbocycles. The van der Waals surface area contributed by atoms with E-state index in [1.807, 2.05) is 6.92 Å². The monoisotopic (exact) mass is 337 g/mol. The summed E-state index contributed by atoms with van der Waals surface area (Å²) in [7, 11) is 0. The molecule has 2 rings (SSSR count). The summed E-state index contributed by atoms with van der Waals surface area (Å²) in [5.41, 5.74) is -0.397. The minimum absolute atomic E-state index is 0.0495. The van der Waals surface area contributed by atoms with E-state index < -0.39 is 11.7 Å². The zero-order chi connectivity index (χ0) is 17.6. The van der Waals surface area contributed by atoms with Crippen molar-refractivity contribution < 1.29 is 18.0 Å². The fraction of sp³-hybridized carbons (Fsp3) is 0.294. The van der Waals surface area contributed by atoms with Gasteiger partial charge in [0.05, 0.1) is 23.1 Å². The predicted octanol–water partition coefficient (Wildman–Crippen LogP) is 4.97. The lowest BCUT2D eigenvalue weighted by atomic mass is 10.1. The van der Waals surface area contributed by atoms with Gasteiger partial charge in [0.1, 0.15) is 5.82 Å². The molecule has 0 saturated carbocycles. The average molecular weight is 337 g/mol. The molecule has 0 fully saturated rings. The number of pyridine rings is 1. The van der Waals surface area contributed by atoms with Gasteiger partial charge in [0.2, 0.25) is 5.91 Å². The first-order valence-corrected chi connectivity index (χ1v) is 7.59. The number of aromatic nitrogens is 1. The van der Waals surface area contributed by atoms with Crippen LogP contribution in [0, 0.1) is 0 Å². The van der Waals surface area contributed by atoms with E-state index in [9.17, 15) is 18.0 Å². The Balaban J connectivity index is 2.06.